The minimum Gasteiger partial charge on any atom is -0.285 e. The molecule has 0 aromatic carbocycles. The Kier molecular flexibility index (Phi) is 10.6. The fourth-order valence-corrected chi connectivity index (χ4v) is 3.20. The maximum atomic E-state index is 10.4. The van der Waals surface area contributed by atoms with E-state index < -0.39 is 43.3 Å². The van der Waals surface area contributed by atoms with Crippen LogP contribution in [0.5, 0.6) is 0 Å². The number of rotatable bonds is 6. The summed E-state index contributed by atoms with van der Waals surface area (Å²) in [6.07, 6.45) is 0. The second-order valence-electron chi connectivity index (χ2n) is 4.63. The minimum atomic E-state index is -4.04. The van der Waals surface area contributed by atoms with Crippen LogP contribution in [0, 0.1) is 0 Å². The Morgan fingerprint density at radius 2 is 1.38 bits per heavy atom. The largest absolute Gasteiger partial charge is 0.285 e. The highest BCUT2D eigenvalue weighted by molar-refractivity contribution is 7.86. The van der Waals surface area contributed by atoms with Gasteiger partial charge in [-0.2, -0.15) is 16.8 Å². The zero-order valence-electron chi connectivity index (χ0n) is 11.2. The molecule has 0 aromatic heterocycles. The molecule has 0 spiro atoms. The number of nitrogens with zero attached hydrogens (tertiary/aromatic N) is 2. The summed E-state index contributed by atoms with van der Waals surface area (Å²) in [5.41, 5.74) is -0.989. The van der Waals surface area contributed by atoms with Crippen molar-refractivity contribution < 1.29 is 25.9 Å². The van der Waals surface area contributed by atoms with Crippen molar-refractivity contribution in [1.29, 1.82) is 0 Å². The van der Waals surface area contributed by atoms with Gasteiger partial charge in [0.1, 0.15) is 0 Å². The van der Waals surface area contributed by atoms with Crippen molar-refractivity contribution in [3.8, 4) is 0 Å². The molecule has 8 nitrogen and oxygen atoms in total. The monoisotopic (exact) mass is 428 g/mol. The molecule has 14 heteroatoms. The Balaban J connectivity index is 0. The lowest BCUT2D eigenvalue weighted by Gasteiger charge is -2.25. The highest BCUT2D eigenvalue weighted by atomic mass is 35.5. The molecular weight excluding hydrogens is 414 g/mol. The van der Waals surface area contributed by atoms with Crippen molar-refractivity contribution in [2.45, 2.75) is 32.4 Å². The van der Waals surface area contributed by atoms with E-state index in [0.717, 1.165) is 0 Å². The van der Waals surface area contributed by atoms with Gasteiger partial charge in [0.25, 0.3) is 20.2 Å². The number of hydrogen-bond donors (Lipinski definition) is 2. The van der Waals surface area contributed by atoms with E-state index in [1.54, 1.807) is 0 Å². The van der Waals surface area contributed by atoms with Gasteiger partial charge in [0.05, 0.1) is 23.1 Å². The molecule has 0 aliphatic rings. The Morgan fingerprint density at radius 3 is 1.48 bits per heavy atom. The zero-order valence-corrected chi connectivity index (χ0v) is 15.9. The molecular formula is C7H16Cl4N2O6S2. The standard InChI is InChI=1S/C4H9Cl2NO3S.C3H7Cl2NO3S/c1-4(2,7(5)6)3-11(8,9)10;1-3(6(4)5)2-10(7,8)9/h3H2,1-2H3,(H,8,9,10);3H,2H2,1H3,(H,7,8,9). The van der Waals surface area contributed by atoms with Crippen LogP contribution < -0.4 is 0 Å². The second-order valence-corrected chi connectivity index (χ2v) is 9.33. The fourth-order valence-electron chi connectivity index (χ4n) is 0.856. The first kappa shape index (κ1) is 24.2. The van der Waals surface area contributed by atoms with Crippen LogP contribution in [0.1, 0.15) is 20.8 Å². The summed E-state index contributed by atoms with van der Waals surface area (Å²) in [4.78, 5) is 0. The third-order valence-electron chi connectivity index (χ3n) is 1.78. The van der Waals surface area contributed by atoms with E-state index in [-0.39, 0.29) is 0 Å². The molecule has 0 fully saturated rings. The van der Waals surface area contributed by atoms with Crippen molar-refractivity contribution in [3.05, 3.63) is 0 Å². The van der Waals surface area contributed by atoms with Gasteiger partial charge in [0, 0.05) is 0 Å². The zero-order chi connectivity index (χ0) is 17.6. The quantitative estimate of drug-likeness (QED) is 0.487. The van der Waals surface area contributed by atoms with E-state index in [0.29, 0.717) is 7.88 Å². The summed E-state index contributed by atoms with van der Waals surface area (Å²) in [5.74, 6) is -0.979. The molecule has 0 saturated carbocycles. The molecule has 0 amide bonds. The summed E-state index contributed by atoms with van der Waals surface area (Å²) in [6, 6.07) is -0.613. The average Bonchev–Trinajstić information content (AvgIpc) is 2.11. The molecule has 1 atom stereocenters. The van der Waals surface area contributed by atoms with Gasteiger partial charge in [-0.1, -0.05) is 0 Å². The third kappa shape index (κ3) is 15.6. The smallest absolute Gasteiger partial charge is 0.266 e. The topological polar surface area (TPSA) is 115 Å². The average molecular weight is 430 g/mol. The fraction of sp³-hybridized carbons (Fsp3) is 1.00. The molecule has 0 aliphatic heterocycles. The summed E-state index contributed by atoms with van der Waals surface area (Å²) < 4.78 is 59.1. The molecule has 0 bridgehead atoms. The van der Waals surface area contributed by atoms with Gasteiger partial charge in [-0.15, -0.1) is 7.88 Å². The van der Waals surface area contributed by atoms with E-state index in [9.17, 15) is 16.8 Å². The van der Waals surface area contributed by atoms with Crippen LogP contribution >= 0.6 is 47.1 Å². The second kappa shape index (κ2) is 9.26. The van der Waals surface area contributed by atoms with Crippen LogP contribution in [0.25, 0.3) is 0 Å². The van der Waals surface area contributed by atoms with Crippen LogP contribution in [-0.4, -0.2) is 56.9 Å². The Labute approximate surface area is 144 Å². The molecule has 0 heterocycles. The van der Waals surface area contributed by atoms with Gasteiger partial charge in [0.2, 0.25) is 0 Å². The number of halogens is 4. The van der Waals surface area contributed by atoms with Crippen LogP contribution in [0.2, 0.25) is 0 Å². The molecule has 21 heavy (non-hydrogen) atoms. The van der Waals surface area contributed by atoms with Gasteiger partial charge in [-0.3, -0.25) is 9.11 Å². The highest BCUT2D eigenvalue weighted by Crippen LogP contribution is 2.20. The van der Waals surface area contributed by atoms with Crippen LogP contribution in [0.4, 0.5) is 0 Å². The number of hydrogen-bond acceptors (Lipinski definition) is 6. The lowest BCUT2D eigenvalue weighted by Crippen LogP contribution is -2.38. The van der Waals surface area contributed by atoms with Crippen LogP contribution in [0.15, 0.2) is 0 Å². The van der Waals surface area contributed by atoms with Crippen molar-refractivity contribution >= 4 is 67.3 Å². The van der Waals surface area contributed by atoms with Crippen molar-refractivity contribution in [2.75, 3.05) is 11.5 Å². The first-order chi connectivity index (χ1) is 8.98. The van der Waals surface area contributed by atoms with E-state index in [1.165, 1.54) is 20.8 Å². The maximum Gasteiger partial charge on any atom is 0.266 e. The van der Waals surface area contributed by atoms with Crippen LogP contribution in [0.3, 0.4) is 0 Å². The predicted molar refractivity (Wildman–Crippen MR) is 83.5 cm³/mol. The molecule has 130 valence electrons. The van der Waals surface area contributed by atoms with Crippen molar-refractivity contribution in [3.63, 3.8) is 0 Å². The SMILES string of the molecule is CC(C)(CS(=O)(=O)O)N(Cl)Cl.CC(CS(=O)(=O)O)N(Cl)Cl. The van der Waals surface area contributed by atoms with Gasteiger partial charge in [-0.05, 0) is 67.9 Å². The summed E-state index contributed by atoms with van der Waals surface area (Å²) in [6.45, 7) is 4.44. The van der Waals surface area contributed by atoms with E-state index >= 15 is 0 Å². The summed E-state index contributed by atoms with van der Waals surface area (Å²) in [7, 11) is -8.02. The van der Waals surface area contributed by atoms with Gasteiger partial charge in [0.15, 0.2) is 0 Å². The summed E-state index contributed by atoms with van der Waals surface area (Å²) >= 11 is 20.9. The van der Waals surface area contributed by atoms with Gasteiger partial charge >= 0.3 is 0 Å². The minimum absolute atomic E-state index is 0.472. The van der Waals surface area contributed by atoms with Crippen molar-refractivity contribution in [1.82, 2.24) is 7.88 Å². The first-order valence-corrected chi connectivity index (χ1v) is 9.68. The van der Waals surface area contributed by atoms with Gasteiger partial charge in [-0.25, -0.2) is 0 Å². The van der Waals surface area contributed by atoms with E-state index in [2.05, 4.69) is 0 Å². The lowest BCUT2D eigenvalue weighted by atomic mass is 10.1. The van der Waals surface area contributed by atoms with Gasteiger partial charge < -0.3 is 0 Å². The normalized spacial score (nSPS) is 14.8. The Hall–Kier alpha value is 0.900. The van der Waals surface area contributed by atoms with Crippen molar-refractivity contribution in [2.24, 2.45) is 0 Å². The highest BCUT2D eigenvalue weighted by Gasteiger charge is 2.30. The predicted octanol–water partition coefficient (Wildman–Crippen LogP) is 2.13. The maximum absolute atomic E-state index is 10.4. The first-order valence-electron chi connectivity index (χ1n) is 5.11. The Bertz CT molecular complexity index is 507. The molecule has 0 aliphatic carbocycles. The molecule has 0 radical (unpaired) electrons. The third-order valence-corrected chi connectivity index (χ3v) is 5.33. The van der Waals surface area contributed by atoms with E-state index in [4.69, 9.17) is 56.2 Å². The molecule has 0 rings (SSSR count). The van der Waals surface area contributed by atoms with Crippen LogP contribution in [-0.2, 0) is 20.2 Å². The Morgan fingerprint density at radius 1 is 1.00 bits per heavy atom. The molecule has 0 saturated heterocycles. The summed E-state index contributed by atoms with van der Waals surface area (Å²) in [5, 5.41) is 0. The molecule has 0 aromatic rings. The lowest BCUT2D eigenvalue weighted by molar-refractivity contribution is 0.374. The molecule has 1 unspecified atom stereocenters. The van der Waals surface area contributed by atoms with E-state index in [1.807, 2.05) is 0 Å². The molecule has 2 N–H and O–H groups in total.